The SMILES string of the molecule is CC(=O)Nc1cccc(C(C)Nc2nccc(C)n2)c1. The molecule has 2 aromatic rings. The Balaban J connectivity index is 2.12. The van der Waals surface area contributed by atoms with Crippen LogP contribution in [0.4, 0.5) is 11.6 Å². The van der Waals surface area contributed by atoms with Crippen molar-refractivity contribution in [3.05, 3.63) is 47.8 Å². The van der Waals surface area contributed by atoms with Crippen molar-refractivity contribution in [2.45, 2.75) is 26.8 Å². The Kier molecular flexibility index (Phi) is 4.30. The van der Waals surface area contributed by atoms with E-state index >= 15 is 0 Å². The van der Waals surface area contributed by atoms with Crippen molar-refractivity contribution in [2.24, 2.45) is 0 Å². The first-order valence-electron chi connectivity index (χ1n) is 6.48. The number of nitrogens with one attached hydrogen (secondary N) is 2. The van der Waals surface area contributed by atoms with Crippen LogP contribution >= 0.6 is 0 Å². The number of benzene rings is 1. The maximum absolute atomic E-state index is 11.1. The summed E-state index contributed by atoms with van der Waals surface area (Å²) < 4.78 is 0. The second-order valence-corrected chi connectivity index (χ2v) is 4.69. The predicted octanol–water partition coefficient (Wildman–Crippen LogP) is 2.92. The van der Waals surface area contributed by atoms with E-state index in [1.807, 2.05) is 44.2 Å². The number of carbonyl (C=O) groups is 1. The van der Waals surface area contributed by atoms with Crippen LogP contribution in [0.1, 0.15) is 31.1 Å². The number of aryl methyl sites for hydroxylation is 1. The lowest BCUT2D eigenvalue weighted by molar-refractivity contribution is -0.114. The molecule has 0 bridgehead atoms. The fourth-order valence-electron chi connectivity index (χ4n) is 1.88. The second kappa shape index (κ2) is 6.14. The van der Waals surface area contributed by atoms with E-state index in [1.54, 1.807) is 6.20 Å². The van der Waals surface area contributed by atoms with Gasteiger partial charge < -0.3 is 10.6 Å². The normalized spacial score (nSPS) is 11.8. The Labute approximate surface area is 118 Å². The molecule has 20 heavy (non-hydrogen) atoms. The van der Waals surface area contributed by atoms with Gasteiger partial charge in [0.2, 0.25) is 11.9 Å². The molecule has 104 valence electrons. The van der Waals surface area contributed by atoms with E-state index in [-0.39, 0.29) is 11.9 Å². The Morgan fingerprint density at radius 1 is 1.30 bits per heavy atom. The number of carbonyl (C=O) groups excluding carboxylic acids is 1. The van der Waals surface area contributed by atoms with Gasteiger partial charge >= 0.3 is 0 Å². The molecule has 1 aromatic carbocycles. The van der Waals surface area contributed by atoms with E-state index in [2.05, 4.69) is 20.6 Å². The number of nitrogens with zero attached hydrogens (tertiary/aromatic N) is 2. The van der Waals surface area contributed by atoms with E-state index in [9.17, 15) is 4.79 Å². The van der Waals surface area contributed by atoms with E-state index in [0.29, 0.717) is 5.95 Å². The fourth-order valence-corrected chi connectivity index (χ4v) is 1.88. The number of hydrogen-bond donors (Lipinski definition) is 2. The minimum absolute atomic E-state index is 0.0468. The van der Waals surface area contributed by atoms with Crippen LogP contribution in [0.3, 0.4) is 0 Å². The molecule has 1 amide bonds. The molecular weight excluding hydrogens is 252 g/mol. The summed E-state index contributed by atoms with van der Waals surface area (Å²) in [5, 5.41) is 6.02. The summed E-state index contributed by atoms with van der Waals surface area (Å²) >= 11 is 0. The topological polar surface area (TPSA) is 66.9 Å². The van der Waals surface area contributed by atoms with Crippen LogP contribution in [-0.4, -0.2) is 15.9 Å². The number of amides is 1. The van der Waals surface area contributed by atoms with Crippen LogP contribution in [0.15, 0.2) is 36.5 Å². The smallest absolute Gasteiger partial charge is 0.223 e. The lowest BCUT2D eigenvalue weighted by Gasteiger charge is -2.15. The monoisotopic (exact) mass is 270 g/mol. The molecule has 0 aliphatic rings. The minimum atomic E-state index is -0.0789. The van der Waals surface area contributed by atoms with Crippen LogP contribution in [0.5, 0.6) is 0 Å². The average molecular weight is 270 g/mol. The van der Waals surface area contributed by atoms with E-state index < -0.39 is 0 Å². The summed E-state index contributed by atoms with van der Waals surface area (Å²) in [6, 6.07) is 9.61. The van der Waals surface area contributed by atoms with Crippen molar-refractivity contribution in [1.82, 2.24) is 9.97 Å². The van der Waals surface area contributed by atoms with Gasteiger partial charge in [-0.15, -0.1) is 0 Å². The van der Waals surface area contributed by atoms with Gasteiger partial charge in [0.1, 0.15) is 0 Å². The van der Waals surface area contributed by atoms with Gasteiger partial charge in [0.25, 0.3) is 0 Å². The third kappa shape index (κ3) is 3.78. The first-order valence-corrected chi connectivity index (χ1v) is 6.48. The minimum Gasteiger partial charge on any atom is -0.348 e. The van der Waals surface area contributed by atoms with E-state index in [1.165, 1.54) is 6.92 Å². The van der Waals surface area contributed by atoms with Crippen LogP contribution in [0.2, 0.25) is 0 Å². The molecular formula is C15H18N4O. The maximum Gasteiger partial charge on any atom is 0.223 e. The van der Waals surface area contributed by atoms with Crippen molar-refractivity contribution in [1.29, 1.82) is 0 Å². The van der Waals surface area contributed by atoms with Gasteiger partial charge in [-0.05, 0) is 37.6 Å². The maximum atomic E-state index is 11.1. The van der Waals surface area contributed by atoms with Gasteiger partial charge in [-0.3, -0.25) is 4.79 Å². The Morgan fingerprint density at radius 2 is 2.10 bits per heavy atom. The summed E-state index contributed by atoms with van der Waals surface area (Å²) in [4.78, 5) is 19.6. The summed E-state index contributed by atoms with van der Waals surface area (Å²) in [5.74, 6) is 0.521. The van der Waals surface area contributed by atoms with Crippen molar-refractivity contribution in [3.8, 4) is 0 Å². The number of rotatable bonds is 4. The molecule has 2 N–H and O–H groups in total. The highest BCUT2D eigenvalue weighted by Gasteiger charge is 2.08. The molecule has 0 radical (unpaired) electrons. The Bertz CT molecular complexity index is 612. The molecule has 0 aliphatic heterocycles. The summed E-state index contributed by atoms with van der Waals surface area (Å²) in [6.07, 6.45) is 1.73. The van der Waals surface area contributed by atoms with Gasteiger partial charge in [-0.2, -0.15) is 0 Å². The largest absolute Gasteiger partial charge is 0.348 e. The van der Waals surface area contributed by atoms with Crippen molar-refractivity contribution >= 4 is 17.5 Å². The third-order valence-corrected chi connectivity index (χ3v) is 2.85. The third-order valence-electron chi connectivity index (χ3n) is 2.85. The summed E-state index contributed by atoms with van der Waals surface area (Å²) in [5.41, 5.74) is 2.76. The first-order chi connectivity index (χ1) is 9.54. The molecule has 1 heterocycles. The Hall–Kier alpha value is -2.43. The van der Waals surface area contributed by atoms with Crippen LogP contribution in [0.25, 0.3) is 0 Å². The van der Waals surface area contributed by atoms with Gasteiger partial charge in [0.05, 0.1) is 6.04 Å². The molecule has 0 spiro atoms. The quantitative estimate of drug-likeness (QED) is 0.896. The highest BCUT2D eigenvalue weighted by molar-refractivity contribution is 5.88. The van der Waals surface area contributed by atoms with Crippen LogP contribution < -0.4 is 10.6 Å². The van der Waals surface area contributed by atoms with Crippen molar-refractivity contribution in [3.63, 3.8) is 0 Å². The fraction of sp³-hybridized carbons (Fsp3) is 0.267. The number of anilines is 2. The van der Waals surface area contributed by atoms with Crippen molar-refractivity contribution in [2.75, 3.05) is 10.6 Å². The standard InChI is InChI=1S/C15H18N4O/c1-10-7-8-16-15(17-10)18-11(2)13-5-4-6-14(9-13)19-12(3)20/h4-9,11H,1-3H3,(H,19,20)(H,16,17,18). The van der Waals surface area contributed by atoms with Gasteiger partial charge in [-0.25, -0.2) is 9.97 Å². The molecule has 0 aliphatic carbocycles. The van der Waals surface area contributed by atoms with Gasteiger partial charge in [-0.1, -0.05) is 12.1 Å². The van der Waals surface area contributed by atoms with Gasteiger partial charge in [0.15, 0.2) is 0 Å². The molecule has 0 fully saturated rings. The first kappa shape index (κ1) is 14.0. The number of hydrogen-bond acceptors (Lipinski definition) is 4. The molecule has 0 saturated carbocycles. The lowest BCUT2D eigenvalue weighted by Crippen LogP contribution is -2.11. The Morgan fingerprint density at radius 3 is 2.80 bits per heavy atom. The number of aromatic nitrogens is 2. The van der Waals surface area contributed by atoms with E-state index in [0.717, 1.165) is 16.9 Å². The van der Waals surface area contributed by atoms with E-state index in [4.69, 9.17) is 0 Å². The zero-order valence-electron chi connectivity index (χ0n) is 11.8. The summed E-state index contributed by atoms with van der Waals surface area (Å²) in [6.45, 7) is 5.45. The van der Waals surface area contributed by atoms with Gasteiger partial charge in [0, 0.05) is 24.5 Å². The molecule has 1 atom stereocenters. The zero-order valence-corrected chi connectivity index (χ0v) is 11.8. The highest BCUT2D eigenvalue weighted by atomic mass is 16.1. The molecule has 0 saturated heterocycles. The molecule has 5 heteroatoms. The predicted molar refractivity (Wildman–Crippen MR) is 79.6 cm³/mol. The molecule has 2 rings (SSSR count). The molecule has 5 nitrogen and oxygen atoms in total. The summed E-state index contributed by atoms with van der Waals surface area (Å²) in [7, 11) is 0. The molecule has 1 unspecified atom stereocenters. The second-order valence-electron chi connectivity index (χ2n) is 4.69. The van der Waals surface area contributed by atoms with Crippen LogP contribution in [-0.2, 0) is 4.79 Å². The average Bonchev–Trinajstić information content (AvgIpc) is 2.38. The lowest BCUT2D eigenvalue weighted by atomic mass is 10.1. The zero-order chi connectivity index (χ0) is 14.5. The van der Waals surface area contributed by atoms with Crippen molar-refractivity contribution < 1.29 is 4.79 Å². The molecule has 1 aromatic heterocycles. The highest BCUT2D eigenvalue weighted by Crippen LogP contribution is 2.20. The van der Waals surface area contributed by atoms with Crippen LogP contribution in [0, 0.1) is 6.92 Å².